The highest BCUT2D eigenvalue weighted by Gasteiger charge is 2.77. The fourth-order valence-electron chi connectivity index (χ4n) is 7.45. The van der Waals surface area contributed by atoms with E-state index in [2.05, 4.69) is 0 Å². The Morgan fingerprint density at radius 3 is 2.73 bits per heavy atom. The van der Waals surface area contributed by atoms with Gasteiger partial charge in [-0.2, -0.15) is 0 Å². The van der Waals surface area contributed by atoms with E-state index in [0.29, 0.717) is 12.0 Å². The highest BCUT2D eigenvalue weighted by molar-refractivity contribution is 6.29. The first-order chi connectivity index (χ1) is 18.1. The molecule has 0 amide bonds. The molecular weight excluding hydrogens is 447 g/mol. The smallest absolute Gasteiger partial charge is 0.306 e. The number of fused-ring (bicyclic) bond motifs is 5. The number of allylic oxidation sites excluding steroid dienone is 4. The fraction of sp³-hybridized carbons (Fsp3) is 0.692. The third-order valence-corrected chi connectivity index (χ3v) is 9.14. The van der Waals surface area contributed by atoms with Gasteiger partial charge in [-0.3, -0.25) is 19.2 Å². The normalized spacial score (nSPS) is 48.3. The van der Waals surface area contributed by atoms with Crippen LogP contribution in [0.5, 0.6) is 0 Å². The van der Waals surface area contributed by atoms with Crippen LogP contribution in [0.2, 0.25) is 0 Å². The molecule has 7 heteroatoms. The van der Waals surface area contributed by atoms with Gasteiger partial charge in [-0.25, -0.2) is 4.39 Å². The Labute approximate surface area is 209 Å². The quantitative estimate of drug-likeness (QED) is 0.416. The molecule has 4 rings (SSSR count). The summed E-state index contributed by atoms with van der Waals surface area (Å²) in [5.74, 6) is -7.21. The molecule has 4 aliphatic carbocycles. The third-order valence-electron chi connectivity index (χ3n) is 8.90. The van der Waals surface area contributed by atoms with Crippen LogP contribution in [0.3, 0.4) is 0 Å². The lowest BCUT2D eigenvalue weighted by Gasteiger charge is -2.59. The van der Waals surface area contributed by atoms with Crippen LogP contribution in [0.4, 0.5) is 4.39 Å². The van der Waals surface area contributed by atoms with E-state index in [4.69, 9.17) is 25.9 Å². The molecule has 0 aromatic rings. The predicted molar refractivity (Wildman–Crippen MR) is 121 cm³/mol. The molecular formula is C26H32ClFO5. The molecule has 0 heterocycles. The van der Waals surface area contributed by atoms with E-state index in [1.165, 1.54) is 32.1 Å². The molecule has 0 bridgehead atoms. The van der Waals surface area contributed by atoms with Gasteiger partial charge in [0.25, 0.3) is 0 Å². The average molecular weight is 486 g/mol. The van der Waals surface area contributed by atoms with E-state index in [1.807, 2.05) is 0 Å². The molecule has 0 spiro atoms. The standard InChI is InChI=1S/C26H32ClFO5/c1-5-6-22(32)33-26(21(31)14-27)15(2)11-19-18-8-7-16-12-17(29)9-10-23(16,3)25(18,28)20(30)13-24(19,26)4/h9-10,12,15,18-19H,5-8,11,13-14H2,1-4H3/t15-,18-,19-,23-,24-,25-,26-/m0/s1/i1D3,5D2,6D2. The molecule has 0 radical (unpaired) electrons. The van der Waals surface area contributed by atoms with E-state index < -0.39 is 89.3 Å². The molecule has 0 N–H and O–H groups in total. The van der Waals surface area contributed by atoms with Crippen molar-refractivity contribution in [2.75, 3.05) is 5.88 Å². The van der Waals surface area contributed by atoms with Gasteiger partial charge in [0.15, 0.2) is 28.6 Å². The Morgan fingerprint density at radius 1 is 1.33 bits per heavy atom. The summed E-state index contributed by atoms with van der Waals surface area (Å²) in [4.78, 5) is 52.8. The summed E-state index contributed by atoms with van der Waals surface area (Å²) in [6, 6.07) is 0. The van der Waals surface area contributed by atoms with Crippen LogP contribution in [-0.2, 0) is 23.9 Å². The van der Waals surface area contributed by atoms with Gasteiger partial charge in [-0.1, -0.05) is 32.3 Å². The first-order valence-electron chi connectivity index (χ1n) is 14.6. The Kier molecular flexibility index (Phi) is 3.99. The molecule has 0 aliphatic heterocycles. The minimum absolute atomic E-state index is 0.100. The summed E-state index contributed by atoms with van der Waals surface area (Å²) >= 11 is 5.96. The van der Waals surface area contributed by atoms with E-state index in [1.54, 1.807) is 6.92 Å². The summed E-state index contributed by atoms with van der Waals surface area (Å²) in [5, 5.41) is 0. The van der Waals surface area contributed by atoms with Gasteiger partial charge in [0.1, 0.15) is 0 Å². The predicted octanol–water partition coefficient (Wildman–Crippen LogP) is 4.70. The zero-order valence-corrected chi connectivity index (χ0v) is 19.6. The van der Waals surface area contributed by atoms with Crippen LogP contribution >= 0.6 is 11.6 Å². The van der Waals surface area contributed by atoms with Crippen LogP contribution < -0.4 is 0 Å². The second-order valence-corrected chi connectivity index (χ2v) is 10.4. The molecule has 180 valence electrons. The monoisotopic (exact) mass is 485 g/mol. The highest BCUT2D eigenvalue weighted by atomic mass is 35.5. The van der Waals surface area contributed by atoms with Gasteiger partial charge in [-0.15, -0.1) is 11.6 Å². The van der Waals surface area contributed by atoms with Gasteiger partial charge < -0.3 is 4.74 Å². The van der Waals surface area contributed by atoms with Crippen molar-refractivity contribution in [2.24, 2.45) is 28.6 Å². The number of halogens is 2. The maximum atomic E-state index is 17.3. The van der Waals surface area contributed by atoms with Crippen LogP contribution in [-0.4, -0.2) is 40.5 Å². The van der Waals surface area contributed by atoms with Crippen molar-refractivity contribution in [3.8, 4) is 0 Å². The zero-order chi connectivity index (χ0) is 30.5. The number of Topliss-reactive ketones (excluding diaryl/α,β-unsaturated/α-hetero) is 2. The molecule has 3 fully saturated rings. The third kappa shape index (κ3) is 2.95. The molecule has 33 heavy (non-hydrogen) atoms. The van der Waals surface area contributed by atoms with Crippen LogP contribution in [0, 0.1) is 28.6 Å². The van der Waals surface area contributed by atoms with Crippen molar-refractivity contribution in [3.63, 3.8) is 0 Å². The number of hydrogen-bond donors (Lipinski definition) is 0. The first kappa shape index (κ1) is 16.7. The summed E-state index contributed by atoms with van der Waals surface area (Å²) in [6.45, 7) is 1.04. The van der Waals surface area contributed by atoms with Crippen molar-refractivity contribution in [1.29, 1.82) is 0 Å². The van der Waals surface area contributed by atoms with E-state index in [9.17, 15) is 19.2 Å². The molecule has 5 nitrogen and oxygen atoms in total. The van der Waals surface area contributed by atoms with E-state index >= 15 is 4.39 Å². The number of ketones is 3. The van der Waals surface area contributed by atoms with Crippen molar-refractivity contribution in [2.45, 2.75) is 77.3 Å². The van der Waals surface area contributed by atoms with Gasteiger partial charge >= 0.3 is 5.97 Å². The van der Waals surface area contributed by atoms with Crippen molar-refractivity contribution in [1.82, 2.24) is 0 Å². The highest BCUT2D eigenvalue weighted by Crippen LogP contribution is 2.70. The molecule has 7 atom stereocenters. The maximum absolute atomic E-state index is 17.3. The lowest BCUT2D eigenvalue weighted by Crippen LogP contribution is -2.68. The lowest BCUT2D eigenvalue weighted by molar-refractivity contribution is -0.201. The second-order valence-electron chi connectivity index (χ2n) is 10.2. The lowest BCUT2D eigenvalue weighted by atomic mass is 9.45. The number of ether oxygens (including phenoxy) is 1. The van der Waals surface area contributed by atoms with Crippen LogP contribution in [0.1, 0.15) is 75.6 Å². The Balaban J connectivity index is 1.83. The summed E-state index contributed by atoms with van der Waals surface area (Å²) in [5.41, 5.74) is -7.15. The van der Waals surface area contributed by atoms with Gasteiger partial charge in [0.05, 0.1) is 5.88 Å². The SMILES string of the molecule is [2H]C([2H])([2H])C([2H])([2H])C([2H])([2H])C(=O)O[C@]1(C(=O)CCl)[C@@H](C)C[C@H]2[C@@H]3CCC4=CC(=O)C=C[C@]4(C)[C@@]3(F)C(=O)C[C@@]21C. The maximum Gasteiger partial charge on any atom is 0.306 e. The summed E-state index contributed by atoms with van der Waals surface area (Å²) < 4.78 is 77.1. The van der Waals surface area contributed by atoms with Crippen LogP contribution in [0.25, 0.3) is 0 Å². The minimum Gasteiger partial charge on any atom is -0.450 e. The van der Waals surface area contributed by atoms with Gasteiger partial charge in [0, 0.05) is 45.1 Å². The Morgan fingerprint density at radius 2 is 2.06 bits per heavy atom. The number of carbonyl (C=O) groups is 4. The molecule has 0 unspecified atom stereocenters. The number of alkyl halides is 2. The van der Waals surface area contributed by atoms with Crippen molar-refractivity contribution in [3.05, 3.63) is 23.8 Å². The van der Waals surface area contributed by atoms with Crippen LogP contribution in [0.15, 0.2) is 23.8 Å². The van der Waals surface area contributed by atoms with Crippen molar-refractivity contribution >= 4 is 34.9 Å². The zero-order valence-electron chi connectivity index (χ0n) is 25.8. The van der Waals surface area contributed by atoms with Gasteiger partial charge in [-0.05, 0) is 50.6 Å². The first-order valence-corrected chi connectivity index (χ1v) is 11.6. The number of hydrogen-bond acceptors (Lipinski definition) is 5. The van der Waals surface area contributed by atoms with E-state index in [0.717, 1.165) is 0 Å². The molecule has 0 saturated heterocycles. The van der Waals surface area contributed by atoms with Gasteiger partial charge in [0.2, 0.25) is 0 Å². The van der Waals surface area contributed by atoms with Crippen molar-refractivity contribution < 1.29 is 37.9 Å². The fourth-order valence-corrected chi connectivity index (χ4v) is 7.65. The van der Waals surface area contributed by atoms with E-state index in [-0.39, 0.29) is 18.6 Å². The number of esters is 1. The number of carbonyl (C=O) groups excluding carboxylic acids is 4. The largest absolute Gasteiger partial charge is 0.450 e. The number of rotatable bonds is 5. The molecule has 0 aromatic heterocycles. The molecule has 0 aromatic carbocycles. The Bertz CT molecular complexity index is 1250. The topological polar surface area (TPSA) is 77.5 Å². The second kappa shape index (κ2) is 7.86. The Hall–Kier alpha value is -1.82. The average Bonchev–Trinajstić information content (AvgIpc) is 3.06. The summed E-state index contributed by atoms with van der Waals surface area (Å²) in [6.07, 6.45) is -3.41. The molecule has 4 aliphatic rings. The molecule has 3 saturated carbocycles. The minimum atomic E-state index is -3.72. The summed E-state index contributed by atoms with van der Waals surface area (Å²) in [7, 11) is 0.